The van der Waals surface area contributed by atoms with Crippen LogP contribution < -0.4 is 0 Å². The van der Waals surface area contributed by atoms with Gasteiger partial charge in [0.25, 0.3) is 5.91 Å². The molecule has 0 radical (unpaired) electrons. The maximum atomic E-state index is 11.5. The second kappa shape index (κ2) is 13.2. The van der Waals surface area contributed by atoms with E-state index in [9.17, 15) is 9.59 Å². The highest BCUT2D eigenvalue weighted by Gasteiger charge is 2.23. The van der Waals surface area contributed by atoms with Crippen LogP contribution in [0.15, 0.2) is 0 Å². The number of nitrogens with zero attached hydrogens (tertiary/aromatic N) is 1. The third-order valence-corrected chi connectivity index (χ3v) is 3.01. The summed E-state index contributed by atoms with van der Waals surface area (Å²) in [5.74, 6) is -0.597. The van der Waals surface area contributed by atoms with E-state index in [0.717, 1.165) is 11.5 Å². The molecule has 1 saturated heterocycles. The Labute approximate surface area is 136 Å². The van der Waals surface area contributed by atoms with Crippen LogP contribution in [0, 0.1) is 0 Å². The van der Waals surface area contributed by atoms with Gasteiger partial charge in [-0.3, -0.25) is 4.79 Å². The van der Waals surface area contributed by atoms with Crippen molar-refractivity contribution < 1.29 is 33.4 Å². The van der Waals surface area contributed by atoms with Gasteiger partial charge in [-0.1, -0.05) is 0 Å². The van der Waals surface area contributed by atoms with Crippen LogP contribution in [-0.2, 0) is 33.4 Å². The van der Waals surface area contributed by atoms with Crippen LogP contribution in [0.2, 0.25) is 0 Å². The highest BCUT2D eigenvalue weighted by atomic mass is 16.7. The quantitative estimate of drug-likeness (QED) is 0.429. The lowest BCUT2D eigenvalue weighted by Crippen LogP contribution is -2.28. The molecular formula is C15H27NO7. The minimum Gasteiger partial charge on any atom is -0.379 e. The van der Waals surface area contributed by atoms with Crippen molar-refractivity contribution in [1.82, 2.24) is 5.06 Å². The molecule has 0 aromatic heterocycles. The van der Waals surface area contributed by atoms with E-state index in [1.807, 2.05) is 6.92 Å². The van der Waals surface area contributed by atoms with Crippen LogP contribution in [0.4, 0.5) is 0 Å². The van der Waals surface area contributed by atoms with Gasteiger partial charge in [-0.25, -0.2) is 4.79 Å². The zero-order chi connectivity index (χ0) is 16.8. The monoisotopic (exact) mass is 333 g/mol. The Hall–Kier alpha value is -1.22. The number of rotatable bonds is 14. The minimum absolute atomic E-state index is 0.115. The third kappa shape index (κ3) is 10.2. The highest BCUT2D eigenvalue weighted by Crippen LogP contribution is 2.10. The molecule has 0 bridgehead atoms. The number of hydrogen-bond acceptors (Lipinski definition) is 7. The first kappa shape index (κ1) is 19.8. The Morgan fingerprint density at radius 3 is 2.04 bits per heavy atom. The minimum atomic E-state index is -0.455. The molecule has 23 heavy (non-hydrogen) atoms. The van der Waals surface area contributed by atoms with Crippen molar-refractivity contribution in [1.29, 1.82) is 0 Å². The van der Waals surface area contributed by atoms with Gasteiger partial charge in [-0.15, -0.1) is 0 Å². The average Bonchev–Trinajstić information content (AvgIpc) is 2.93. The van der Waals surface area contributed by atoms with Gasteiger partial charge in [0.1, 0.15) is 0 Å². The summed E-state index contributed by atoms with van der Waals surface area (Å²) in [6.07, 6.45) is 1.29. The second-order valence-electron chi connectivity index (χ2n) is 4.85. The van der Waals surface area contributed by atoms with Crippen molar-refractivity contribution in [2.24, 2.45) is 0 Å². The standard InChI is InChI=1S/C15H27NO7/c1-2-19-8-9-21-12-13-22-11-10-20-7-5-15(18)23-16-6-3-4-14(16)17/h2-13H2,1H3. The first-order chi connectivity index (χ1) is 11.2. The molecule has 0 N–H and O–H groups in total. The molecule has 0 atom stereocenters. The van der Waals surface area contributed by atoms with Crippen molar-refractivity contribution >= 4 is 11.9 Å². The summed E-state index contributed by atoms with van der Waals surface area (Å²) >= 11 is 0. The third-order valence-electron chi connectivity index (χ3n) is 3.01. The van der Waals surface area contributed by atoms with Crippen LogP contribution >= 0.6 is 0 Å². The molecule has 0 aromatic rings. The van der Waals surface area contributed by atoms with Gasteiger partial charge in [-0.05, 0) is 13.3 Å². The molecule has 0 spiro atoms. The molecule has 0 saturated carbocycles. The van der Waals surface area contributed by atoms with Gasteiger partial charge in [-0.2, -0.15) is 5.06 Å². The molecule has 134 valence electrons. The molecule has 0 aromatic carbocycles. The maximum absolute atomic E-state index is 11.5. The fraction of sp³-hybridized carbons (Fsp3) is 0.867. The first-order valence-electron chi connectivity index (χ1n) is 8.06. The summed E-state index contributed by atoms with van der Waals surface area (Å²) < 4.78 is 21.0. The second-order valence-corrected chi connectivity index (χ2v) is 4.85. The van der Waals surface area contributed by atoms with Crippen molar-refractivity contribution in [2.75, 3.05) is 59.4 Å². The molecule has 0 unspecified atom stereocenters. The van der Waals surface area contributed by atoms with Gasteiger partial charge in [0.05, 0.1) is 59.2 Å². The fourth-order valence-electron chi connectivity index (χ4n) is 1.85. The van der Waals surface area contributed by atoms with E-state index in [2.05, 4.69) is 0 Å². The van der Waals surface area contributed by atoms with Crippen molar-refractivity contribution in [3.05, 3.63) is 0 Å². The molecule has 1 heterocycles. The van der Waals surface area contributed by atoms with Gasteiger partial charge >= 0.3 is 5.97 Å². The molecule has 1 rings (SSSR count). The van der Waals surface area contributed by atoms with Crippen LogP contribution in [0.5, 0.6) is 0 Å². The summed E-state index contributed by atoms with van der Waals surface area (Å²) in [7, 11) is 0. The lowest BCUT2D eigenvalue weighted by atomic mass is 10.4. The van der Waals surface area contributed by atoms with E-state index >= 15 is 0 Å². The lowest BCUT2D eigenvalue weighted by Gasteiger charge is -2.14. The van der Waals surface area contributed by atoms with Crippen LogP contribution in [0.25, 0.3) is 0 Å². The summed E-state index contributed by atoms with van der Waals surface area (Å²) in [6, 6.07) is 0. The van der Waals surface area contributed by atoms with E-state index in [1.54, 1.807) is 0 Å². The molecule has 8 nitrogen and oxygen atoms in total. The Balaban J connectivity index is 1.80. The van der Waals surface area contributed by atoms with Gasteiger partial charge in [0.15, 0.2) is 0 Å². The molecule has 0 aliphatic carbocycles. The van der Waals surface area contributed by atoms with Crippen molar-refractivity contribution in [3.63, 3.8) is 0 Å². The zero-order valence-electron chi connectivity index (χ0n) is 13.8. The van der Waals surface area contributed by atoms with E-state index in [-0.39, 0.29) is 18.9 Å². The summed E-state index contributed by atoms with van der Waals surface area (Å²) in [5, 5.41) is 1.12. The summed E-state index contributed by atoms with van der Waals surface area (Å²) in [4.78, 5) is 27.7. The topological polar surface area (TPSA) is 83.5 Å². The van der Waals surface area contributed by atoms with E-state index in [4.69, 9.17) is 23.8 Å². The average molecular weight is 333 g/mol. The predicted molar refractivity (Wildman–Crippen MR) is 80.6 cm³/mol. The predicted octanol–water partition coefficient (Wildman–Crippen LogP) is 0.543. The number of ether oxygens (including phenoxy) is 4. The van der Waals surface area contributed by atoms with Gasteiger partial charge in [0.2, 0.25) is 0 Å². The van der Waals surface area contributed by atoms with Crippen LogP contribution in [0.3, 0.4) is 0 Å². The van der Waals surface area contributed by atoms with Crippen molar-refractivity contribution in [2.45, 2.75) is 26.2 Å². The Morgan fingerprint density at radius 2 is 1.52 bits per heavy atom. The number of carbonyl (C=O) groups is 2. The summed E-state index contributed by atoms with van der Waals surface area (Å²) in [6.45, 7) is 6.37. The SMILES string of the molecule is CCOCCOCCOCCOCCC(=O)ON1CCCC1=O. The molecule has 1 aliphatic heterocycles. The number of hydroxylamine groups is 2. The van der Waals surface area contributed by atoms with E-state index in [0.29, 0.717) is 59.2 Å². The van der Waals surface area contributed by atoms with Gasteiger partial charge in [0, 0.05) is 13.0 Å². The van der Waals surface area contributed by atoms with Crippen LogP contribution in [-0.4, -0.2) is 76.3 Å². The highest BCUT2D eigenvalue weighted by molar-refractivity contribution is 5.79. The first-order valence-corrected chi connectivity index (χ1v) is 8.06. The molecule has 8 heteroatoms. The lowest BCUT2D eigenvalue weighted by molar-refractivity contribution is -0.193. The maximum Gasteiger partial charge on any atom is 0.334 e. The largest absolute Gasteiger partial charge is 0.379 e. The summed E-state index contributed by atoms with van der Waals surface area (Å²) in [5.41, 5.74) is 0. The fourth-order valence-corrected chi connectivity index (χ4v) is 1.85. The normalized spacial score (nSPS) is 14.5. The smallest absolute Gasteiger partial charge is 0.334 e. The Morgan fingerprint density at radius 1 is 0.957 bits per heavy atom. The molecule has 1 amide bonds. The number of hydrogen-bond donors (Lipinski definition) is 0. The van der Waals surface area contributed by atoms with E-state index in [1.165, 1.54) is 0 Å². The zero-order valence-corrected chi connectivity index (χ0v) is 13.8. The molecule has 1 aliphatic rings. The number of amides is 1. The number of carbonyl (C=O) groups excluding carboxylic acids is 2. The van der Waals surface area contributed by atoms with E-state index < -0.39 is 5.97 Å². The van der Waals surface area contributed by atoms with Gasteiger partial charge < -0.3 is 23.8 Å². The van der Waals surface area contributed by atoms with Crippen LogP contribution in [0.1, 0.15) is 26.2 Å². The molecular weight excluding hydrogens is 306 g/mol. The Bertz CT molecular complexity index is 338. The Kier molecular flexibility index (Phi) is 11.4. The molecule has 1 fully saturated rings. The van der Waals surface area contributed by atoms with Crippen molar-refractivity contribution in [3.8, 4) is 0 Å².